The van der Waals surface area contributed by atoms with E-state index in [0.29, 0.717) is 30.9 Å². The van der Waals surface area contributed by atoms with Crippen LogP contribution in [0.2, 0.25) is 0 Å². The summed E-state index contributed by atoms with van der Waals surface area (Å²) >= 11 is 1.42. The van der Waals surface area contributed by atoms with Crippen molar-refractivity contribution in [1.29, 1.82) is 0 Å². The molecule has 0 aromatic heterocycles. The molecule has 4 unspecified atom stereocenters. The highest BCUT2D eigenvalue weighted by molar-refractivity contribution is 7.99. The van der Waals surface area contributed by atoms with E-state index in [1.807, 2.05) is 24.5 Å². The van der Waals surface area contributed by atoms with Gasteiger partial charge >= 0.3 is 0 Å². The smallest absolute Gasteiger partial charge is 0.248 e. The number of thioether (sulfide) groups is 1. The van der Waals surface area contributed by atoms with Gasteiger partial charge in [0.25, 0.3) is 0 Å². The van der Waals surface area contributed by atoms with Gasteiger partial charge in [-0.3, -0.25) is 19.2 Å². The van der Waals surface area contributed by atoms with Crippen LogP contribution in [0, 0.1) is 0 Å². The first-order chi connectivity index (χ1) is 15.4. The fourth-order valence-electron chi connectivity index (χ4n) is 4.92. The zero-order chi connectivity index (χ0) is 22.8. The number of para-hydroxylation sites is 1. The number of likely N-dealkylation sites (tertiary alicyclic amines) is 1. The van der Waals surface area contributed by atoms with Crippen molar-refractivity contribution in [2.24, 2.45) is 0 Å². The number of nitrogens with one attached hydrogen (secondary N) is 2. The van der Waals surface area contributed by atoms with Gasteiger partial charge in [-0.05, 0) is 25.2 Å². The predicted molar refractivity (Wildman–Crippen MR) is 119 cm³/mol. The lowest BCUT2D eigenvalue weighted by Crippen LogP contribution is -2.53. The lowest BCUT2D eigenvalue weighted by molar-refractivity contribution is -0.144. The minimum absolute atomic E-state index is 0.111. The number of carbonyl (C=O) groups is 4. The SMILES string of the molecule is COc1ccccc1CC(=O)N1CCC2NC(=O)C3CC(NC(=O)CSC)CN3C(=O)C21. The maximum atomic E-state index is 13.5. The van der Waals surface area contributed by atoms with Gasteiger partial charge in [0.15, 0.2) is 0 Å². The fourth-order valence-corrected chi connectivity index (χ4v) is 5.27. The molecule has 0 aliphatic carbocycles. The van der Waals surface area contributed by atoms with Crippen molar-refractivity contribution < 1.29 is 23.9 Å². The average molecular weight is 461 g/mol. The first-order valence-electron chi connectivity index (χ1n) is 10.7. The summed E-state index contributed by atoms with van der Waals surface area (Å²) in [6, 6.07) is 5.29. The number of nitrogens with zero attached hydrogens (tertiary/aromatic N) is 2. The summed E-state index contributed by atoms with van der Waals surface area (Å²) in [5, 5.41) is 5.88. The molecule has 4 atom stereocenters. The van der Waals surface area contributed by atoms with E-state index in [0.717, 1.165) is 5.56 Å². The van der Waals surface area contributed by atoms with Crippen molar-refractivity contribution in [1.82, 2.24) is 20.4 Å². The van der Waals surface area contributed by atoms with E-state index in [-0.39, 0.29) is 42.6 Å². The van der Waals surface area contributed by atoms with Crippen LogP contribution in [0.5, 0.6) is 5.75 Å². The highest BCUT2D eigenvalue weighted by Gasteiger charge is 2.52. The van der Waals surface area contributed by atoms with E-state index >= 15 is 0 Å². The molecule has 0 spiro atoms. The van der Waals surface area contributed by atoms with Gasteiger partial charge in [0.2, 0.25) is 23.6 Å². The standard InChI is InChI=1S/C22H28N4O5S/c1-31-17-6-4-3-5-13(17)9-19(28)25-8-7-15-20(25)22(30)26-11-14(23-18(27)12-32-2)10-16(26)21(29)24-15/h3-6,14-16,20H,7-12H2,1-2H3,(H,23,27)(H,24,29). The van der Waals surface area contributed by atoms with Crippen LogP contribution in [-0.2, 0) is 25.6 Å². The largest absolute Gasteiger partial charge is 0.496 e. The van der Waals surface area contributed by atoms with E-state index in [4.69, 9.17) is 4.74 Å². The first kappa shape index (κ1) is 22.4. The third-order valence-corrected chi connectivity index (χ3v) is 6.91. The number of carbonyl (C=O) groups excluding carboxylic acids is 4. The number of ether oxygens (including phenoxy) is 1. The van der Waals surface area contributed by atoms with Gasteiger partial charge in [-0.2, -0.15) is 11.8 Å². The number of benzene rings is 1. The Morgan fingerprint density at radius 2 is 2.06 bits per heavy atom. The van der Waals surface area contributed by atoms with E-state index in [1.54, 1.807) is 23.0 Å². The molecule has 0 bridgehead atoms. The number of hydrogen-bond acceptors (Lipinski definition) is 6. The lowest BCUT2D eigenvalue weighted by Gasteiger charge is -2.29. The second-order valence-corrected chi connectivity index (χ2v) is 9.23. The van der Waals surface area contributed by atoms with Crippen molar-refractivity contribution in [3.05, 3.63) is 29.8 Å². The molecular formula is C22H28N4O5S. The molecule has 3 fully saturated rings. The normalized spacial score (nSPS) is 26.8. The summed E-state index contributed by atoms with van der Waals surface area (Å²) in [7, 11) is 1.56. The molecule has 1 aromatic carbocycles. The van der Waals surface area contributed by atoms with Gasteiger partial charge in [0, 0.05) is 24.7 Å². The van der Waals surface area contributed by atoms with Gasteiger partial charge in [-0.15, -0.1) is 0 Å². The van der Waals surface area contributed by atoms with Crippen LogP contribution in [0.15, 0.2) is 24.3 Å². The Bertz CT molecular complexity index is 925. The van der Waals surface area contributed by atoms with Gasteiger partial charge in [0.1, 0.15) is 17.8 Å². The molecule has 3 aliphatic heterocycles. The van der Waals surface area contributed by atoms with Crippen molar-refractivity contribution in [2.45, 2.75) is 43.4 Å². The number of hydrogen-bond donors (Lipinski definition) is 2. The minimum atomic E-state index is -0.730. The van der Waals surface area contributed by atoms with Gasteiger partial charge in [-0.25, -0.2) is 0 Å². The summed E-state index contributed by atoms with van der Waals surface area (Å²) in [5.74, 6) is 0.224. The number of rotatable bonds is 6. The Morgan fingerprint density at radius 3 is 2.81 bits per heavy atom. The van der Waals surface area contributed by atoms with Crippen molar-refractivity contribution in [3.8, 4) is 5.75 Å². The van der Waals surface area contributed by atoms with E-state index < -0.39 is 18.1 Å². The third-order valence-electron chi connectivity index (χ3n) is 6.36. The van der Waals surface area contributed by atoms with Gasteiger partial charge in [0.05, 0.1) is 25.3 Å². The molecule has 172 valence electrons. The second kappa shape index (κ2) is 9.40. The molecule has 32 heavy (non-hydrogen) atoms. The summed E-state index contributed by atoms with van der Waals surface area (Å²) in [6.07, 6.45) is 2.88. The highest BCUT2D eigenvalue weighted by atomic mass is 32.2. The predicted octanol–water partition coefficient (Wildman–Crippen LogP) is -0.214. The third kappa shape index (κ3) is 4.28. The Morgan fingerprint density at radius 1 is 1.28 bits per heavy atom. The van der Waals surface area contributed by atoms with Crippen molar-refractivity contribution in [3.63, 3.8) is 0 Å². The summed E-state index contributed by atoms with van der Waals surface area (Å²) in [6.45, 7) is 0.677. The van der Waals surface area contributed by atoms with Crippen LogP contribution in [-0.4, -0.2) is 89.8 Å². The summed E-state index contributed by atoms with van der Waals surface area (Å²) < 4.78 is 5.35. The Labute approximate surface area is 191 Å². The van der Waals surface area contributed by atoms with Crippen LogP contribution in [0.1, 0.15) is 18.4 Å². The maximum Gasteiger partial charge on any atom is 0.248 e. The van der Waals surface area contributed by atoms with Crippen LogP contribution in [0.25, 0.3) is 0 Å². The maximum absolute atomic E-state index is 13.5. The molecule has 3 saturated heterocycles. The molecule has 4 rings (SSSR count). The molecule has 2 N–H and O–H groups in total. The van der Waals surface area contributed by atoms with E-state index in [2.05, 4.69) is 10.6 Å². The molecular weight excluding hydrogens is 432 g/mol. The lowest BCUT2D eigenvalue weighted by atomic mass is 10.1. The van der Waals surface area contributed by atoms with Crippen molar-refractivity contribution >= 4 is 35.4 Å². The van der Waals surface area contributed by atoms with Gasteiger partial charge in [-0.1, -0.05) is 18.2 Å². The van der Waals surface area contributed by atoms with Crippen LogP contribution in [0.3, 0.4) is 0 Å². The number of fused-ring (bicyclic) bond motifs is 2. The molecule has 10 heteroatoms. The van der Waals surface area contributed by atoms with Crippen LogP contribution >= 0.6 is 11.8 Å². The monoisotopic (exact) mass is 460 g/mol. The highest BCUT2D eigenvalue weighted by Crippen LogP contribution is 2.30. The topological polar surface area (TPSA) is 108 Å². The molecule has 9 nitrogen and oxygen atoms in total. The average Bonchev–Trinajstić information content (AvgIpc) is 3.36. The van der Waals surface area contributed by atoms with E-state index in [9.17, 15) is 19.2 Å². The van der Waals surface area contributed by atoms with Crippen LogP contribution < -0.4 is 15.4 Å². The quantitative estimate of drug-likeness (QED) is 0.608. The van der Waals surface area contributed by atoms with Gasteiger partial charge < -0.3 is 25.2 Å². The summed E-state index contributed by atoms with van der Waals surface area (Å²) in [4.78, 5) is 54.6. The Kier molecular flexibility index (Phi) is 6.59. The second-order valence-electron chi connectivity index (χ2n) is 8.36. The number of methoxy groups -OCH3 is 1. The fraction of sp³-hybridized carbons (Fsp3) is 0.545. The Balaban J connectivity index is 1.50. The van der Waals surface area contributed by atoms with Crippen molar-refractivity contribution in [2.75, 3.05) is 32.2 Å². The summed E-state index contributed by atoms with van der Waals surface area (Å²) in [5.41, 5.74) is 0.754. The zero-order valence-corrected chi connectivity index (χ0v) is 19.0. The van der Waals surface area contributed by atoms with E-state index in [1.165, 1.54) is 11.8 Å². The minimum Gasteiger partial charge on any atom is -0.496 e. The molecule has 0 radical (unpaired) electrons. The molecule has 3 heterocycles. The molecule has 3 aliphatic rings. The zero-order valence-electron chi connectivity index (χ0n) is 18.2. The Hall–Kier alpha value is -2.75. The number of amides is 4. The van der Waals surface area contributed by atoms with Crippen LogP contribution in [0.4, 0.5) is 0 Å². The molecule has 0 saturated carbocycles. The molecule has 1 aromatic rings. The first-order valence-corrected chi connectivity index (χ1v) is 12.1. The molecule has 4 amide bonds.